The lowest BCUT2D eigenvalue weighted by Crippen LogP contribution is -2.38. The molecule has 5 nitrogen and oxygen atoms in total. The van der Waals surface area contributed by atoms with E-state index in [4.69, 9.17) is 16.3 Å². The van der Waals surface area contributed by atoms with Gasteiger partial charge in [-0.2, -0.15) is 0 Å². The quantitative estimate of drug-likeness (QED) is 0.750. The average Bonchev–Trinajstić information content (AvgIpc) is 2.36. The molecule has 2 atom stereocenters. The molecule has 0 fully saturated rings. The summed E-state index contributed by atoms with van der Waals surface area (Å²) >= 11 is 9.18. The van der Waals surface area contributed by atoms with E-state index >= 15 is 0 Å². The Morgan fingerprint density at radius 2 is 2.05 bits per heavy atom. The van der Waals surface area contributed by atoms with Crippen LogP contribution >= 0.6 is 27.5 Å². The number of carbonyl (C=O) groups excluding carboxylic acids is 1. The van der Waals surface area contributed by atoms with Crippen molar-refractivity contribution in [1.29, 1.82) is 0 Å². The van der Waals surface area contributed by atoms with Gasteiger partial charge in [0.2, 0.25) is 0 Å². The maximum Gasteiger partial charge on any atom is 0.407 e. The van der Waals surface area contributed by atoms with Crippen molar-refractivity contribution in [3.8, 4) is 0 Å². The van der Waals surface area contributed by atoms with Gasteiger partial charge in [0.1, 0.15) is 17.8 Å². The Balaban J connectivity index is 2.56. The van der Waals surface area contributed by atoms with Gasteiger partial charge in [0, 0.05) is 11.0 Å². The number of benzene rings is 1. The van der Waals surface area contributed by atoms with Crippen molar-refractivity contribution in [3.05, 3.63) is 33.3 Å². The largest absolute Gasteiger partial charge is 0.444 e. The Morgan fingerprint density at radius 1 is 1.43 bits per heavy atom. The normalized spacial score (nSPS) is 14.4. The molecular weight excluding hydrogens is 362 g/mol. The van der Waals surface area contributed by atoms with Crippen LogP contribution in [0.5, 0.6) is 0 Å². The Kier molecular flexibility index (Phi) is 6.46. The summed E-state index contributed by atoms with van der Waals surface area (Å²) in [5.74, 6) is 0. The summed E-state index contributed by atoms with van der Waals surface area (Å²) in [7, 11) is 0. The number of halogens is 2. The van der Waals surface area contributed by atoms with E-state index in [1.165, 1.54) is 0 Å². The van der Waals surface area contributed by atoms with Crippen LogP contribution in [-0.4, -0.2) is 34.6 Å². The lowest BCUT2D eigenvalue weighted by Gasteiger charge is -2.22. The summed E-state index contributed by atoms with van der Waals surface area (Å²) in [4.78, 5) is 11.5. The minimum atomic E-state index is -1.17. The number of alkyl carbamates (subject to hydrolysis) is 1. The van der Waals surface area contributed by atoms with Crippen molar-refractivity contribution in [2.75, 3.05) is 6.54 Å². The molecule has 0 spiro atoms. The molecule has 118 valence electrons. The SMILES string of the molecule is CC(C)(C)OC(=O)NCC(O)C(O)c1ccc(Br)c(Cl)c1. The topological polar surface area (TPSA) is 78.8 Å². The molecule has 3 N–H and O–H groups in total. The highest BCUT2D eigenvalue weighted by Gasteiger charge is 2.21. The third-order valence-electron chi connectivity index (χ3n) is 2.50. The lowest BCUT2D eigenvalue weighted by atomic mass is 10.0. The van der Waals surface area contributed by atoms with Crippen LogP contribution in [0.25, 0.3) is 0 Å². The highest BCUT2D eigenvalue weighted by molar-refractivity contribution is 9.10. The summed E-state index contributed by atoms with van der Waals surface area (Å²) in [5.41, 5.74) is -0.158. The molecule has 21 heavy (non-hydrogen) atoms. The number of hydrogen-bond donors (Lipinski definition) is 3. The Labute approximate surface area is 137 Å². The van der Waals surface area contributed by atoms with Gasteiger partial charge in [-0.25, -0.2) is 4.79 Å². The zero-order valence-electron chi connectivity index (χ0n) is 12.1. The van der Waals surface area contributed by atoms with Crippen molar-refractivity contribution in [2.24, 2.45) is 0 Å². The molecular formula is C14H19BrClNO4. The third-order valence-corrected chi connectivity index (χ3v) is 3.74. The molecule has 2 unspecified atom stereocenters. The van der Waals surface area contributed by atoms with Crippen LogP contribution in [0, 0.1) is 0 Å². The second-order valence-corrected chi connectivity index (χ2v) is 6.83. The van der Waals surface area contributed by atoms with Crippen LogP contribution in [0.15, 0.2) is 22.7 Å². The fraction of sp³-hybridized carbons (Fsp3) is 0.500. The van der Waals surface area contributed by atoms with Crippen LogP contribution in [0.2, 0.25) is 5.02 Å². The highest BCUT2D eigenvalue weighted by Crippen LogP contribution is 2.27. The van der Waals surface area contributed by atoms with Crippen molar-refractivity contribution >= 4 is 33.6 Å². The van der Waals surface area contributed by atoms with Crippen LogP contribution < -0.4 is 5.32 Å². The number of aliphatic hydroxyl groups is 2. The molecule has 0 heterocycles. The standard InChI is InChI=1S/C14H19BrClNO4/c1-14(2,3)21-13(20)17-7-11(18)12(19)8-4-5-9(15)10(16)6-8/h4-6,11-12,18-19H,7H2,1-3H3,(H,17,20). The molecule has 0 aromatic heterocycles. The fourth-order valence-corrected chi connectivity index (χ4v) is 1.97. The fourth-order valence-electron chi connectivity index (χ4n) is 1.53. The van der Waals surface area contributed by atoms with E-state index < -0.39 is 23.9 Å². The van der Waals surface area contributed by atoms with Crippen LogP contribution in [0.1, 0.15) is 32.4 Å². The molecule has 0 saturated carbocycles. The molecule has 7 heteroatoms. The molecule has 1 aromatic carbocycles. The minimum Gasteiger partial charge on any atom is -0.444 e. The maximum absolute atomic E-state index is 11.5. The monoisotopic (exact) mass is 379 g/mol. The first-order chi connectivity index (χ1) is 9.60. The zero-order chi connectivity index (χ0) is 16.2. The first-order valence-electron chi connectivity index (χ1n) is 6.38. The second kappa shape index (κ2) is 7.45. The van der Waals surface area contributed by atoms with Crippen LogP contribution in [-0.2, 0) is 4.74 Å². The maximum atomic E-state index is 11.5. The van der Waals surface area contributed by atoms with Gasteiger partial charge < -0.3 is 20.3 Å². The van der Waals surface area contributed by atoms with Gasteiger partial charge in [0.15, 0.2) is 0 Å². The molecule has 0 aliphatic rings. The van der Waals surface area contributed by atoms with Crippen molar-refractivity contribution < 1.29 is 19.7 Å². The van der Waals surface area contributed by atoms with E-state index in [1.54, 1.807) is 39.0 Å². The lowest BCUT2D eigenvalue weighted by molar-refractivity contribution is 0.0129. The molecule has 0 saturated heterocycles. The van der Waals surface area contributed by atoms with Gasteiger partial charge in [-0.3, -0.25) is 0 Å². The van der Waals surface area contributed by atoms with E-state index in [1.807, 2.05) is 0 Å². The van der Waals surface area contributed by atoms with E-state index in [9.17, 15) is 15.0 Å². The van der Waals surface area contributed by atoms with Gasteiger partial charge in [-0.1, -0.05) is 17.7 Å². The molecule has 0 aliphatic carbocycles. The third kappa shape index (κ3) is 6.22. The summed E-state index contributed by atoms with van der Waals surface area (Å²) in [6.07, 6.45) is -2.98. The summed E-state index contributed by atoms with van der Waals surface area (Å²) in [6, 6.07) is 4.86. The summed E-state index contributed by atoms with van der Waals surface area (Å²) < 4.78 is 5.73. The first-order valence-corrected chi connectivity index (χ1v) is 7.55. The smallest absolute Gasteiger partial charge is 0.407 e. The molecule has 1 rings (SSSR count). The molecule has 1 aromatic rings. The van der Waals surface area contributed by atoms with Gasteiger partial charge in [0.05, 0.1) is 5.02 Å². The minimum absolute atomic E-state index is 0.135. The number of ether oxygens (including phenoxy) is 1. The number of nitrogens with one attached hydrogen (secondary N) is 1. The number of rotatable bonds is 4. The van der Waals surface area contributed by atoms with Gasteiger partial charge >= 0.3 is 6.09 Å². The Bertz CT molecular complexity index is 504. The number of carbonyl (C=O) groups is 1. The highest BCUT2D eigenvalue weighted by atomic mass is 79.9. The predicted molar refractivity (Wildman–Crippen MR) is 84.4 cm³/mol. The molecule has 0 aliphatic heterocycles. The number of amides is 1. The van der Waals surface area contributed by atoms with Crippen molar-refractivity contribution in [2.45, 2.75) is 38.6 Å². The first kappa shape index (κ1) is 18.2. The van der Waals surface area contributed by atoms with Crippen LogP contribution in [0.4, 0.5) is 4.79 Å². The number of hydrogen-bond acceptors (Lipinski definition) is 4. The van der Waals surface area contributed by atoms with E-state index in [2.05, 4.69) is 21.2 Å². The van der Waals surface area contributed by atoms with E-state index in [-0.39, 0.29) is 6.54 Å². The van der Waals surface area contributed by atoms with Crippen molar-refractivity contribution in [3.63, 3.8) is 0 Å². The number of aliphatic hydroxyl groups excluding tert-OH is 2. The average molecular weight is 381 g/mol. The molecule has 0 radical (unpaired) electrons. The van der Waals surface area contributed by atoms with E-state index in [0.29, 0.717) is 15.1 Å². The Morgan fingerprint density at radius 3 is 2.57 bits per heavy atom. The second-order valence-electron chi connectivity index (χ2n) is 5.57. The summed E-state index contributed by atoms with van der Waals surface area (Å²) in [5, 5.41) is 22.8. The van der Waals surface area contributed by atoms with E-state index in [0.717, 1.165) is 0 Å². The van der Waals surface area contributed by atoms with Crippen molar-refractivity contribution in [1.82, 2.24) is 5.32 Å². The van der Waals surface area contributed by atoms with Gasteiger partial charge in [-0.15, -0.1) is 0 Å². The zero-order valence-corrected chi connectivity index (χ0v) is 14.4. The summed E-state index contributed by atoms with van der Waals surface area (Å²) in [6.45, 7) is 5.08. The van der Waals surface area contributed by atoms with Crippen LogP contribution in [0.3, 0.4) is 0 Å². The van der Waals surface area contributed by atoms with Gasteiger partial charge in [0.25, 0.3) is 0 Å². The molecule has 0 bridgehead atoms. The Hall–Kier alpha value is -0.820. The van der Waals surface area contributed by atoms with Gasteiger partial charge in [-0.05, 0) is 54.4 Å². The predicted octanol–water partition coefficient (Wildman–Crippen LogP) is 3.02. The molecule has 1 amide bonds.